The van der Waals surface area contributed by atoms with Gasteiger partial charge in [0, 0.05) is 0 Å². The van der Waals surface area contributed by atoms with Crippen LogP contribution in [0.2, 0.25) is 0 Å². The van der Waals surface area contributed by atoms with E-state index in [0.717, 1.165) is 45.2 Å². The van der Waals surface area contributed by atoms with E-state index < -0.39 is 5.97 Å². The van der Waals surface area contributed by atoms with Gasteiger partial charge in [0.2, 0.25) is 0 Å². The van der Waals surface area contributed by atoms with Crippen molar-refractivity contribution < 1.29 is 9.90 Å². The van der Waals surface area contributed by atoms with Crippen LogP contribution in [0, 0.1) is 0 Å². The lowest BCUT2D eigenvalue weighted by Crippen LogP contribution is -2.42. The molecule has 0 spiro atoms. The van der Waals surface area contributed by atoms with Crippen LogP contribution < -0.4 is 0 Å². The predicted molar refractivity (Wildman–Crippen MR) is 63.1 cm³/mol. The number of rotatable bonds is 9. The second kappa shape index (κ2) is 8.72. The molecule has 1 N–H and O–H groups in total. The Morgan fingerprint density at radius 1 is 1.13 bits per heavy atom. The summed E-state index contributed by atoms with van der Waals surface area (Å²) in [5.74, 6) is -0.665. The Morgan fingerprint density at radius 2 is 1.80 bits per heavy atom. The molecule has 1 unspecified atom stereocenters. The molecule has 0 saturated carbocycles. The van der Waals surface area contributed by atoms with Crippen molar-refractivity contribution in [2.75, 3.05) is 13.1 Å². The third-order valence-corrected chi connectivity index (χ3v) is 2.60. The summed E-state index contributed by atoms with van der Waals surface area (Å²) in [4.78, 5) is 13.2. The van der Waals surface area contributed by atoms with E-state index in [4.69, 9.17) is 5.11 Å². The Balaban J connectivity index is 4.29. The molecular formula is C12H25NO2. The molecule has 0 aromatic heterocycles. The van der Waals surface area contributed by atoms with Crippen molar-refractivity contribution in [3.05, 3.63) is 0 Å². The zero-order valence-corrected chi connectivity index (χ0v) is 10.3. The first-order chi connectivity index (χ1) is 7.17. The molecule has 0 rings (SSSR count). The van der Waals surface area contributed by atoms with Crippen LogP contribution in [0.5, 0.6) is 0 Å². The molecule has 15 heavy (non-hydrogen) atoms. The zero-order valence-electron chi connectivity index (χ0n) is 10.3. The van der Waals surface area contributed by atoms with Crippen molar-refractivity contribution in [2.24, 2.45) is 0 Å². The SMILES string of the molecule is CCCCN(CCC)C(CCC)C(=O)O. The van der Waals surface area contributed by atoms with Crippen molar-refractivity contribution in [1.82, 2.24) is 4.90 Å². The number of nitrogens with zero attached hydrogens (tertiary/aromatic N) is 1. The summed E-state index contributed by atoms with van der Waals surface area (Å²) >= 11 is 0. The van der Waals surface area contributed by atoms with Gasteiger partial charge in [0.15, 0.2) is 0 Å². The number of aliphatic carboxylic acids is 1. The summed E-state index contributed by atoms with van der Waals surface area (Å²) < 4.78 is 0. The Labute approximate surface area is 93.5 Å². The Morgan fingerprint density at radius 3 is 2.20 bits per heavy atom. The summed E-state index contributed by atoms with van der Waals surface area (Å²) in [6.45, 7) is 8.10. The maximum atomic E-state index is 11.1. The van der Waals surface area contributed by atoms with Gasteiger partial charge in [-0.3, -0.25) is 9.69 Å². The van der Waals surface area contributed by atoms with Gasteiger partial charge in [0.05, 0.1) is 0 Å². The molecular weight excluding hydrogens is 190 g/mol. The summed E-state index contributed by atoms with van der Waals surface area (Å²) in [5, 5.41) is 9.16. The Kier molecular flexibility index (Phi) is 8.38. The molecule has 0 aliphatic rings. The van der Waals surface area contributed by atoms with Gasteiger partial charge >= 0.3 is 5.97 Å². The van der Waals surface area contributed by atoms with E-state index in [1.54, 1.807) is 0 Å². The normalized spacial score (nSPS) is 13.1. The van der Waals surface area contributed by atoms with E-state index in [1.807, 2.05) is 6.92 Å². The number of carboxylic acids is 1. The highest BCUT2D eigenvalue weighted by Crippen LogP contribution is 2.10. The van der Waals surface area contributed by atoms with Crippen LogP contribution in [0.3, 0.4) is 0 Å². The number of hydrogen-bond donors (Lipinski definition) is 1. The quantitative estimate of drug-likeness (QED) is 0.643. The van der Waals surface area contributed by atoms with Gasteiger partial charge in [-0.25, -0.2) is 0 Å². The van der Waals surface area contributed by atoms with Gasteiger partial charge in [-0.1, -0.05) is 33.6 Å². The van der Waals surface area contributed by atoms with E-state index in [1.165, 1.54) is 0 Å². The van der Waals surface area contributed by atoms with Crippen LogP contribution in [0.1, 0.15) is 52.9 Å². The first kappa shape index (κ1) is 14.4. The second-order valence-corrected chi connectivity index (χ2v) is 4.03. The van der Waals surface area contributed by atoms with E-state index in [2.05, 4.69) is 18.7 Å². The van der Waals surface area contributed by atoms with Gasteiger partial charge in [-0.2, -0.15) is 0 Å². The molecule has 0 bridgehead atoms. The first-order valence-corrected chi connectivity index (χ1v) is 6.14. The summed E-state index contributed by atoms with van der Waals surface area (Å²) in [7, 11) is 0. The maximum Gasteiger partial charge on any atom is 0.320 e. The molecule has 0 saturated heterocycles. The number of hydrogen-bond acceptors (Lipinski definition) is 2. The van der Waals surface area contributed by atoms with Crippen LogP contribution in [0.4, 0.5) is 0 Å². The average Bonchev–Trinajstić information content (AvgIpc) is 2.21. The van der Waals surface area contributed by atoms with Gasteiger partial charge in [-0.15, -0.1) is 0 Å². The first-order valence-electron chi connectivity index (χ1n) is 6.14. The molecule has 90 valence electrons. The lowest BCUT2D eigenvalue weighted by molar-refractivity contribution is -0.143. The van der Waals surface area contributed by atoms with E-state index in [-0.39, 0.29) is 6.04 Å². The minimum absolute atomic E-state index is 0.276. The Hall–Kier alpha value is -0.570. The second-order valence-electron chi connectivity index (χ2n) is 4.03. The molecule has 0 heterocycles. The fraction of sp³-hybridized carbons (Fsp3) is 0.917. The largest absolute Gasteiger partial charge is 0.480 e. The smallest absolute Gasteiger partial charge is 0.320 e. The standard InChI is InChI=1S/C12H25NO2/c1-4-7-10-13(9-6-3)11(8-5-2)12(14)15/h11H,4-10H2,1-3H3,(H,14,15). The van der Waals surface area contributed by atoms with Crippen molar-refractivity contribution in [3.63, 3.8) is 0 Å². The van der Waals surface area contributed by atoms with Crippen molar-refractivity contribution in [2.45, 2.75) is 58.9 Å². The number of carboxylic acid groups (broad SMARTS) is 1. The lowest BCUT2D eigenvalue weighted by atomic mass is 10.1. The van der Waals surface area contributed by atoms with Gasteiger partial charge < -0.3 is 5.11 Å². The fourth-order valence-corrected chi connectivity index (χ4v) is 1.81. The molecule has 0 amide bonds. The third-order valence-electron chi connectivity index (χ3n) is 2.60. The predicted octanol–water partition coefficient (Wildman–Crippen LogP) is 2.75. The molecule has 0 aromatic rings. The molecule has 0 aliphatic carbocycles. The molecule has 3 heteroatoms. The fourth-order valence-electron chi connectivity index (χ4n) is 1.81. The summed E-state index contributed by atoms with van der Waals surface area (Å²) in [6, 6.07) is -0.276. The zero-order chi connectivity index (χ0) is 11.7. The lowest BCUT2D eigenvalue weighted by Gasteiger charge is -2.28. The molecule has 0 fully saturated rings. The van der Waals surface area contributed by atoms with Crippen LogP contribution in [0.15, 0.2) is 0 Å². The topological polar surface area (TPSA) is 40.5 Å². The third kappa shape index (κ3) is 5.78. The highest BCUT2D eigenvalue weighted by atomic mass is 16.4. The van der Waals surface area contributed by atoms with Crippen LogP contribution in [-0.2, 0) is 4.79 Å². The maximum absolute atomic E-state index is 11.1. The monoisotopic (exact) mass is 215 g/mol. The minimum Gasteiger partial charge on any atom is -0.480 e. The summed E-state index contributed by atoms with van der Waals surface area (Å²) in [6.07, 6.45) is 4.94. The van der Waals surface area contributed by atoms with Crippen molar-refractivity contribution >= 4 is 5.97 Å². The molecule has 0 aromatic carbocycles. The van der Waals surface area contributed by atoms with E-state index in [0.29, 0.717) is 0 Å². The molecule has 3 nitrogen and oxygen atoms in total. The number of unbranched alkanes of at least 4 members (excludes halogenated alkanes) is 1. The van der Waals surface area contributed by atoms with Crippen molar-refractivity contribution in [3.8, 4) is 0 Å². The van der Waals surface area contributed by atoms with Crippen LogP contribution in [-0.4, -0.2) is 35.1 Å². The van der Waals surface area contributed by atoms with Gasteiger partial charge in [0.25, 0.3) is 0 Å². The van der Waals surface area contributed by atoms with Crippen molar-refractivity contribution in [1.29, 1.82) is 0 Å². The van der Waals surface area contributed by atoms with Crippen LogP contribution in [0.25, 0.3) is 0 Å². The minimum atomic E-state index is -0.665. The average molecular weight is 215 g/mol. The molecule has 0 radical (unpaired) electrons. The van der Waals surface area contributed by atoms with E-state index >= 15 is 0 Å². The van der Waals surface area contributed by atoms with Gasteiger partial charge in [-0.05, 0) is 32.4 Å². The molecule has 1 atom stereocenters. The Bertz CT molecular complexity index is 171. The molecule has 0 aliphatic heterocycles. The van der Waals surface area contributed by atoms with Crippen LogP contribution >= 0.6 is 0 Å². The van der Waals surface area contributed by atoms with E-state index in [9.17, 15) is 4.79 Å². The number of carbonyl (C=O) groups is 1. The summed E-state index contributed by atoms with van der Waals surface area (Å²) in [5.41, 5.74) is 0. The van der Waals surface area contributed by atoms with Gasteiger partial charge in [0.1, 0.15) is 6.04 Å². The highest BCUT2D eigenvalue weighted by Gasteiger charge is 2.23. The highest BCUT2D eigenvalue weighted by molar-refractivity contribution is 5.73.